The summed E-state index contributed by atoms with van der Waals surface area (Å²) in [5, 5.41) is 0. The summed E-state index contributed by atoms with van der Waals surface area (Å²) < 4.78 is 11.6. The molecule has 3 saturated carbocycles. The Balaban J connectivity index is 1.63. The van der Waals surface area contributed by atoms with Crippen LogP contribution in [-0.2, 0) is 14.3 Å². The highest BCUT2D eigenvalue weighted by atomic mass is 16.6. The SMILES string of the molecule is C=CC(=O)OC1C2CC3C1OC1CCC2C13. The van der Waals surface area contributed by atoms with E-state index in [9.17, 15) is 4.79 Å². The van der Waals surface area contributed by atoms with Crippen LogP contribution in [0.25, 0.3) is 0 Å². The Bertz CT molecular complexity index is 362. The normalized spacial score (nSPS) is 55.6. The minimum Gasteiger partial charge on any atom is -0.456 e. The molecular weight excluding hydrogens is 204 g/mol. The molecule has 4 aliphatic rings. The van der Waals surface area contributed by atoms with Crippen LogP contribution < -0.4 is 0 Å². The molecule has 4 fully saturated rings. The Labute approximate surface area is 94.8 Å². The number of rotatable bonds is 2. The molecule has 7 atom stereocenters. The van der Waals surface area contributed by atoms with Gasteiger partial charge in [-0.05, 0) is 37.0 Å². The fraction of sp³-hybridized carbons (Fsp3) is 0.769. The van der Waals surface area contributed by atoms with Crippen molar-refractivity contribution in [3.63, 3.8) is 0 Å². The average molecular weight is 220 g/mol. The summed E-state index contributed by atoms with van der Waals surface area (Å²) in [5.41, 5.74) is 0. The van der Waals surface area contributed by atoms with Gasteiger partial charge in [-0.25, -0.2) is 4.79 Å². The summed E-state index contributed by atoms with van der Waals surface area (Å²) in [6, 6.07) is 0. The quantitative estimate of drug-likeness (QED) is 0.523. The zero-order valence-electron chi connectivity index (χ0n) is 9.17. The molecule has 3 heteroatoms. The van der Waals surface area contributed by atoms with Crippen molar-refractivity contribution in [2.45, 2.75) is 37.6 Å². The van der Waals surface area contributed by atoms with Crippen LogP contribution in [0.3, 0.4) is 0 Å². The summed E-state index contributed by atoms with van der Waals surface area (Å²) in [7, 11) is 0. The molecule has 2 bridgehead atoms. The van der Waals surface area contributed by atoms with E-state index in [4.69, 9.17) is 9.47 Å². The van der Waals surface area contributed by atoms with Gasteiger partial charge in [0.1, 0.15) is 6.10 Å². The first-order chi connectivity index (χ1) is 7.79. The summed E-state index contributed by atoms with van der Waals surface area (Å²) in [4.78, 5) is 11.3. The van der Waals surface area contributed by atoms with Crippen LogP contribution in [0.4, 0.5) is 0 Å². The molecule has 0 aromatic carbocycles. The number of hydrogen-bond donors (Lipinski definition) is 0. The van der Waals surface area contributed by atoms with Crippen molar-refractivity contribution < 1.29 is 14.3 Å². The van der Waals surface area contributed by atoms with Crippen LogP contribution in [0.5, 0.6) is 0 Å². The number of carbonyl (C=O) groups excluding carboxylic acids is 1. The van der Waals surface area contributed by atoms with E-state index >= 15 is 0 Å². The third kappa shape index (κ3) is 0.915. The lowest BCUT2D eigenvalue weighted by Gasteiger charge is -2.31. The van der Waals surface area contributed by atoms with Gasteiger partial charge in [0.25, 0.3) is 0 Å². The highest BCUT2D eigenvalue weighted by Gasteiger charge is 2.68. The molecule has 0 N–H and O–H groups in total. The van der Waals surface area contributed by atoms with E-state index in [0.29, 0.717) is 17.9 Å². The van der Waals surface area contributed by atoms with Crippen LogP contribution >= 0.6 is 0 Å². The molecule has 1 saturated heterocycles. The first-order valence-corrected chi connectivity index (χ1v) is 6.28. The predicted octanol–water partition coefficient (Wildman–Crippen LogP) is 1.53. The molecule has 0 radical (unpaired) electrons. The maximum absolute atomic E-state index is 11.3. The number of esters is 1. The van der Waals surface area contributed by atoms with E-state index in [0.717, 1.165) is 11.8 Å². The first-order valence-electron chi connectivity index (χ1n) is 6.28. The van der Waals surface area contributed by atoms with Crippen LogP contribution in [-0.4, -0.2) is 24.3 Å². The van der Waals surface area contributed by atoms with Crippen molar-refractivity contribution in [2.75, 3.05) is 0 Å². The van der Waals surface area contributed by atoms with Gasteiger partial charge in [0, 0.05) is 12.0 Å². The lowest BCUT2D eigenvalue weighted by molar-refractivity contribution is -0.154. The van der Waals surface area contributed by atoms with Gasteiger partial charge in [-0.2, -0.15) is 0 Å². The van der Waals surface area contributed by atoms with E-state index in [2.05, 4.69) is 6.58 Å². The lowest BCUT2D eigenvalue weighted by Crippen LogP contribution is -2.39. The van der Waals surface area contributed by atoms with Crippen LogP contribution in [0, 0.1) is 23.7 Å². The highest BCUT2D eigenvalue weighted by molar-refractivity contribution is 5.81. The summed E-state index contributed by atoms with van der Waals surface area (Å²) in [6.07, 6.45) is 5.65. The monoisotopic (exact) mass is 220 g/mol. The van der Waals surface area contributed by atoms with Gasteiger partial charge in [-0.15, -0.1) is 0 Å². The fourth-order valence-corrected chi connectivity index (χ4v) is 4.85. The second-order valence-electron chi connectivity index (χ2n) is 5.63. The average Bonchev–Trinajstić information content (AvgIpc) is 2.92. The Morgan fingerprint density at radius 1 is 1.31 bits per heavy atom. The lowest BCUT2D eigenvalue weighted by atomic mass is 9.80. The number of carbonyl (C=O) groups is 1. The molecule has 3 nitrogen and oxygen atoms in total. The molecule has 0 aromatic heterocycles. The molecule has 16 heavy (non-hydrogen) atoms. The first kappa shape index (κ1) is 9.23. The van der Waals surface area contributed by atoms with E-state index in [-0.39, 0.29) is 18.2 Å². The molecule has 86 valence electrons. The maximum atomic E-state index is 11.3. The third-order valence-electron chi connectivity index (χ3n) is 5.22. The molecular formula is C13H16O3. The van der Waals surface area contributed by atoms with Crippen molar-refractivity contribution in [2.24, 2.45) is 23.7 Å². The second-order valence-corrected chi connectivity index (χ2v) is 5.63. The van der Waals surface area contributed by atoms with Gasteiger partial charge < -0.3 is 9.47 Å². The smallest absolute Gasteiger partial charge is 0.330 e. The van der Waals surface area contributed by atoms with Crippen molar-refractivity contribution in [1.29, 1.82) is 0 Å². The topological polar surface area (TPSA) is 35.5 Å². The Kier molecular flexibility index (Phi) is 1.67. The molecule has 4 rings (SSSR count). The molecule has 0 spiro atoms. The van der Waals surface area contributed by atoms with Gasteiger partial charge >= 0.3 is 5.97 Å². The number of fused-ring (bicyclic) bond motifs is 2. The molecule has 3 aliphatic carbocycles. The van der Waals surface area contributed by atoms with E-state index < -0.39 is 0 Å². The van der Waals surface area contributed by atoms with Gasteiger partial charge in [0.2, 0.25) is 0 Å². The molecule has 1 aliphatic heterocycles. The Hall–Kier alpha value is -0.830. The van der Waals surface area contributed by atoms with Crippen molar-refractivity contribution >= 4 is 5.97 Å². The second kappa shape index (κ2) is 2.89. The largest absolute Gasteiger partial charge is 0.456 e. The van der Waals surface area contributed by atoms with Gasteiger partial charge in [0.05, 0.1) is 12.2 Å². The maximum Gasteiger partial charge on any atom is 0.330 e. The molecule has 1 heterocycles. The van der Waals surface area contributed by atoms with Crippen molar-refractivity contribution in [3.8, 4) is 0 Å². The van der Waals surface area contributed by atoms with E-state index in [1.165, 1.54) is 25.3 Å². The molecule has 0 amide bonds. The third-order valence-corrected chi connectivity index (χ3v) is 5.22. The molecule has 7 unspecified atom stereocenters. The summed E-state index contributed by atoms with van der Waals surface area (Å²) in [5.74, 6) is 2.49. The van der Waals surface area contributed by atoms with Crippen molar-refractivity contribution in [3.05, 3.63) is 12.7 Å². The minimum atomic E-state index is -0.291. The fourth-order valence-electron chi connectivity index (χ4n) is 4.85. The van der Waals surface area contributed by atoms with Gasteiger partial charge in [-0.3, -0.25) is 0 Å². The van der Waals surface area contributed by atoms with Gasteiger partial charge in [-0.1, -0.05) is 6.58 Å². The Morgan fingerprint density at radius 2 is 2.19 bits per heavy atom. The van der Waals surface area contributed by atoms with E-state index in [1.807, 2.05) is 0 Å². The summed E-state index contributed by atoms with van der Waals surface area (Å²) >= 11 is 0. The van der Waals surface area contributed by atoms with Gasteiger partial charge in [0.15, 0.2) is 0 Å². The minimum absolute atomic E-state index is 0.0158. The Morgan fingerprint density at radius 3 is 3.00 bits per heavy atom. The number of hydrogen-bond acceptors (Lipinski definition) is 3. The van der Waals surface area contributed by atoms with Crippen LogP contribution in [0.2, 0.25) is 0 Å². The van der Waals surface area contributed by atoms with E-state index in [1.54, 1.807) is 0 Å². The summed E-state index contributed by atoms with van der Waals surface area (Å²) in [6.45, 7) is 3.46. The molecule has 0 aromatic rings. The number of ether oxygens (including phenoxy) is 2. The highest BCUT2D eigenvalue weighted by Crippen LogP contribution is 2.65. The predicted molar refractivity (Wildman–Crippen MR) is 56.5 cm³/mol. The zero-order valence-corrected chi connectivity index (χ0v) is 9.17. The van der Waals surface area contributed by atoms with Crippen LogP contribution in [0.1, 0.15) is 19.3 Å². The van der Waals surface area contributed by atoms with Crippen molar-refractivity contribution in [1.82, 2.24) is 0 Å². The van der Waals surface area contributed by atoms with Crippen LogP contribution in [0.15, 0.2) is 12.7 Å². The standard InChI is InChI=1S/C13H16O3/c1-2-10(14)16-12-7-5-8-11-6(7)3-4-9(11)15-13(8)12/h2,6-9,11-13H,1,3-5H2. The zero-order chi connectivity index (χ0) is 10.9.